The molecular formula is C61H58N4O. The first-order valence-corrected chi connectivity index (χ1v) is 23.0. The van der Waals surface area contributed by atoms with E-state index in [0.29, 0.717) is 17.1 Å². The van der Waals surface area contributed by atoms with Gasteiger partial charge < -0.3 is 4.74 Å². The molecule has 0 amide bonds. The van der Waals surface area contributed by atoms with Gasteiger partial charge in [0, 0.05) is 23.0 Å². The predicted octanol–water partition coefficient (Wildman–Crippen LogP) is 15.8. The first-order chi connectivity index (χ1) is 34.4. The van der Waals surface area contributed by atoms with Crippen molar-refractivity contribution in [2.45, 2.75) is 85.0 Å². The van der Waals surface area contributed by atoms with E-state index in [1.807, 2.05) is 59.2 Å². The number of benzene rings is 7. The van der Waals surface area contributed by atoms with Gasteiger partial charge in [-0.1, -0.05) is 171 Å². The van der Waals surface area contributed by atoms with Crippen LogP contribution in [-0.4, -0.2) is 14.1 Å². The summed E-state index contributed by atoms with van der Waals surface area (Å²) in [5.74, 6) is 1.21. The molecule has 0 radical (unpaired) electrons. The summed E-state index contributed by atoms with van der Waals surface area (Å²) < 4.78 is 66.7. The smallest absolute Gasteiger partial charge is 0.269 e. The van der Waals surface area contributed by atoms with Crippen LogP contribution in [0, 0.1) is 6.33 Å². The Kier molecular flexibility index (Phi) is 9.26. The lowest BCUT2D eigenvalue weighted by Gasteiger charge is -2.27. The van der Waals surface area contributed by atoms with Gasteiger partial charge in [0.05, 0.1) is 41.7 Å². The van der Waals surface area contributed by atoms with Gasteiger partial charge in [0.1, 0.15) is 17.3 Å². The van der Waals surface area contributed by atoms with E-state index in [1.54, 1.807) is 16.8 Å². The maximum absolute atomic E-state index is 9.44. The van der Waals surface area contributed by atoms with Crippen LogP contribution >= 0.6 is 0 Å². The summed E-state index contributed by atoms with van der Waals surface area (Å²) in [5.41, 5.74) is 11.9. The number of rotatable bonds is 10. The van der Waals surface area contributed by atoms with Crippen molar-refractivity contribution in [1.82, 2.24) is 14.1 Å². The molecule has 3 aromatic heterocycles. The minimum atomic E-state index is -0.409. The van der Waals surface area contributed by atoms with E-state index in [2.05, 4.69) is 139 Å². The Balaban J connectivity index is 1.15. The first-order valence-electron chi connectivity index (χ1n) is 26.0. The molecule has 3 heterocycles. The summed E-state index contributed by atoms with van der Waals surface area (Å²) in [4.78, 5) is 4.74. The van der Waals surface area contributed by atoms with Crippen molar-refractivity contribution in [3.63, 3.8) is 0 Å². The Labute approximate surface area is 398 Å². The van der Waals surface area contributed by atoms with Crippen molar-refractivity contribution in [3.8, 4) is 50.9 Å². The molecule has 0 N–H and O–H groups in total. The highest BCUT2D eigenvalue weighted by Gasteiger charge is 2.25. The fraction of sp³-hybridized carbons (Fsp3) is 0.213. The molecule has 0 aliphatic rings. The lowest BCUT2D eigenvalue weighted by molar-refractivity contribution is -0.571. The van der Waals surface area contributed by atoms with Crippen molar-refractivity contribution in [2.75, 3.05) is 0 Å². The molecule has 0 saturated carbocycles. The summed E-state index contributed by atoms with van der Waals surface area (Å²) in [6, 6.07) is 43.7. The van der Waals surface area contributed by atoms with Crippen molar-refractivity contribution in [3.05, 3.63) is 199 Å². The molecule has 0 aliphatic heterocycles. The van der Waals surface area contributed by atoms with Crippen LogP contribution in [0.2, 0.25) is 0 Å². The zero-order valence-corrected chi connectivity index (χ0v) is 39.0. The molecule has 10 aromatic rings. The van der Waals surface area contributed by atoms with Gasteiger partial charge >= 0.3 is 0 Å². The molecular weight excluding hydrogens is 805 g/mol. The number of pyridine rings is 1. The van der Waals surface area contributed by atoms with E-state index in [0.717, 1.165) is 63.1 Å². The van der Waals surface area contributed by atoms with Gasteiger partial charge in [-0.2, -0.15) is 0 Å². The third kappa shape index (κ3) is 7.87. The van der Waals surface area contributed by atoms with Gasteiger partial charge in [0.2, 0.25) is 0 Å². The van der Waals surface area contributed by atoms with Crippen LogP contribution in [0.5, 0.6) is 11.5 Å². The van der Waals surface area contributed by atoms with Crippen molar-refractivity contribution < 1.29 is 17.5 Å². The third-order valence-corrected chi connectivity index (χ3v) is 12.9. The van der Waals surface area contributed by atoms with Gasteiger partial charge in [-0.25, -0.2) is 4.98 Å². The SMILES string of the molecule is [2H]c1c(Oc2cccc(-n3[c-][n+](-c4c(-c5ccccc5)cccc4-c4cc(C(C)(C)C)cc(C(C)(C)C)c4)c4ccccc43)c2)cc2c(c1[2H])c1c([2H])c([2H])c([2H])c([2H])c1n2-c1cc(C(CC)CC)ccn1. The molecule has 7 aromatic carbocycles. The normalized spacial score (nSPS) is 13.5. The van der Waals surface area contributed by atoms with Crippen molar-refractivity contribution in [2.24, 2.45) is 0 Å². The second-order valence-electron chi connectivity index (χ2n) is 19.3. The van der Waals surface area contributed by atoms with E-state index >= 15 is 0 Å². The number of fused-ring (bicyclic) bond motifs is 4. The average Bonchev–Trinajstić information content (AvgIpc) is 3.93. The van der Waals surface area contributed by atoms with Crippen LogP contribution in [0.15, 0.2) is 176 Å². The minimum absolute atomic E-state index is 0.0880. The van der Waals surface area contributed by atoms with Crippen LogP contribution in [0.1, 0.15) is 99.1 Å². The zero-order chi connectivity index (χ0) is 51.0. The van der Waals surface area contributed by atoms with Gasteiger partial charge in [0.25, 0.3) is 6.33 Å². The number of para-hydroxylation sites is 4. The summed E-state index contributed by atoms with van der Waals surface area (Å²) in [6.07, 6.45) is 7.32. The molecule has 0 unspecified atom stereocenters. The monoisotopic (exact) mass is 868 g/mol. The van der Waals surface area contributed by atoms with E-state index in [1.165, 1.54) is 11.1 Å². The van der Waals surface area contributed by atoms with Crippen molar-refractivity contribution >= 4 is 32.8 Å². The molecule has 328 valence electrons. The number of aromatic nitrogens is 4. The maximum atomic E-state index is 9.44. The van der Waals surface area contributed by atoms with Crippen LogP contribution < -0.4 is 9.30 Å². The largest absolute Gasteiger partial charge is 0.458 e. The number of nitrogens with zero attached hydrogens (tertiary/aromatic N) is 4. The molecule has 0 fully saturated rings. The fourth-order valence-corrected chi connectivity index (χ4v) is 9.17. The highest BCUT2D eigenvalue weighted by atomic mass is 16.5. The third-order valence-electron chi connectivity index (χ3n) is 12.9. The van der Waals surface area contributed by atoms with E-state index in [-0.39, 0.29) is 63.0 Å². The van der Waals surface area contributed by atoms with Gasteiger partial charge in [-0.3, -0.25) is 13.7 Å². The lowest BCUT2D eigenvalue weighted by Crippen LogP contribution is -2.31. The first kappa shape index (κ1) is 36.0. The topological polar surface area (TPSA) is 35.9 Å². The summed E-state index contributed by atoms with van der Waals surface area (Å²) in [5, 5.41) is 0.389. The number of ether oxygens (including phenoxy) is 1. The Morgan fingerprint density at radius 2 is 1.30 bits per heavy atom. The number of hydrogen-bond acceptors (Lipinski definition) is 2. The number of imidazole rings is 1. The Hall–Kier alpha value is -7.24. The summed E-state index contributed by atoms with van der Waals surface area (Å²) in [7, 11) is 0. The fourth-order valence-electron chi connectivity index (χ4n) is 9.17. The van der Waals surface area contributed by atoms with Gasteiger partial charge in [-0.15, -0.1) is 0 Å². The second-order valence-corrected chi connectivity index (χ2v) is 19.3. The molecule has 0 aliphatic carbocycles. The Morgan fingerprint density at radius 3 is 2.05 bits per heavy atom. The van der Waals surface area contributed by atoms with Crippen molar-refractivity contribution in [1.29, 1.82) is 0 Å². The standard InChI is InChI=1S/C61H58N4O/c1-9-41(10-2)43-32-33-62-58(36-43)65-54-27-15-14-24-52(54)53-31-30-49(39-57(53)65)66-48-23-18-22-47(38-48)63-40-64(56-29-17-16-28-55(56)63)59-50(42-20-12-11-13-21-42)25-19-26-51(59)44-34-45(60(3,4)5)37-46(35-44)61(6,7)8/h11-39,41H,9-10H2,1-8H3/i14D,15D,24D,27D,30D,31D. The highest BCUT2D eigenvalue weighted by molar-refractivity contribution is 6.09. The van der Waals surface area contributed by atoms with E-state index in [4.69, 9.17) is 15.2 Å². The van der Waals surface area contributed by atoms with E-state index < -0.39 is 12.1 Å². The predicted molar refractivity (Wildman–Crippen MR) is 274 cm³/mol. The van der Waals surface area contributed by atoms with Crippen LogP contribution in [0.4, 0.5) is 0 Å². The lowest BCUT2D eigenvalue weighted by atomic mass is 9.78. The highest BCUT2D eigenvalue weighted by Crippen LogP contribution is 2.40. The quantitative estimate of drug-likeness (QED) is 0.101. The Morgan fingerprint density at radius 1 is 0.621 bits per heavy atom. The van der Waals surface area contributed by atoms with Gasteiger partial charge in [-0.05, 0) is 117 Å². The Bertz CT molecular complexity index is 3710. The molecule has 66 heavy (non-hydrogen) atoms. The molecule has 10 rings (SSSR count). The minimum Gasteiger partial charge on any atom is -0.458 e. The summed E-state index contributed by atoms with van der Waals surface area (Å²) in [6.45, 7) is 17.9. The maximum Gasteiger partial charge on any atom is 0.269 e. The van der Waals surface area contributed by atoms with E-state index in [9.17, 15) is 2.74 Å². The average molecular weight is 869 g/mol. The molecule has 0 spiro atoms. The van der Waals surface area contributed by atoms with Crippen LogP contribution in [-0.2, 0) is 10.8 Å². The van der Waals surface area contributed by atoms with Crippen LogP contribution in [0.25, 0.3) is 72.3 Å². The van der Waals surface area contributed by atoms with Gasteiger partial charge in [0.15, 0.2) is 0 Å². The number of hydrogen-bond donors (Lipinski definition) is 0. The molecule has 5 heteroatoms. The summed E-state index contributed by atoms with van der Waals surface area (Å²) >= 11 is 0. The zero-order valence-electron chi connectivity index (χ0n) is 45.0. The molecule has 0 atom stereocenters. The molecule has 0 saturated heterocycles. The second kappa shape index (κ2) is 17.0. The molecule has 5 nitrogen and oxygen atoms in total. The van der Waals surface area contributed by atoms with Crippen LogP contribution in [0.3, 0.4) is 0 Å². The molecule has 0 bridgehead atoms.